The van der Waals surface area contributed by atoms with E-state index < -0.39 is 23.8 Å². The van der Waals surface area contributed by atoms with Crippen molar-refractivity contribution in [3.63, 3.8) is 0 Å². The van der Waals surface area contributed by atoms with E-state index in [9.17, 15) is 19.2 Å². The monoisotopic (exact) mass is 481 g/mol. The summed E-state index contributed by atoms with van der Waals surface area (Å²) < 4.78 is 5.41. The van der Waals surface area contributed by atoms with Crippen molar-refractivity contribution in [2.24, 2.45) is 5.92 Å². The number of nitrogens with one attached hydrogen (secondary N) is 2. The Morgan fingerprint density at radius 1 is 1.20 bits per heavy atom. The summed E-state index contributed by atoms with van der Waals surface area (Å²) in [5.41, 5.74) is 1.27. The minimum Gasteiger partial charge on any atom is -0.444 e. The molecule has 1 saturated heterocycles. The molecule has 35 heavy (non-hydrogen) atoms. The van der Waals surface area contributed by atoms with Gasteiger partial charge in [-0.15, -0.1) is 0 Å². The van der Waals surface area contributed by atoms with E-state index in [1.807, 2.05) is 42.5 Å². The zero-order valence-corrected chi connectivity index (χ0v) is 20.7. The largest absolute Gasteiger partial charge is 0.444 e. The number of rotatable bonds is 8. The summed E-state index contributed by atoms with van der Waals surface area (Å²) in [5.74, 6) is -0.853. The van der Waals surface area contributed by atoms with E-state index >= 15 is 0 Å². The smallest absolute Gasteiger partial charge is 0.408 e. The lowest BCUT2D eigenvalue weighted by atomic mass is 9.86. The summed E-state index contributed by atoms with van der Waals surface area (Å²) >= 11 is 0. The highest BCUT2D eigenvalue weighted by Crippen LogP contribution is 2.35. The number of nitrogens with zero attached hydrogens (tertiary/aromatic N) is 1. The molecule has 0 spiro atoms. The number of carbonyl (C=O) groups is 4. The first-order chi connectivity index (χ1) is 16.7. The van der Waals surface area contributed by atoms with E-state index in [1.165, 1.54) is 0 Å². The first-order valence-electron chi connectivity index (χ1n) is 12.1. The van der Waals surface area contributed by atoms with Gasteiger partial charge in [-0.25, -0.2) is 4.79 Å². The number of amides is 3. The number of likely N-dealkylation sites (tertiary alicyclic amines) is 1. The van der Waals surface area contributed by atoms with Crippen molar-refractivity contribution in [1.82, 2.24) is 15.5 Å². The predicted molar refractivity (Wildman–Crippen MR) is 132 cm³/mol. The summed E-state index contributed by atoms with van der Waals surface area (Å²) in [5, 5.41) is 5.36. The normalized spacial score (nSPS) is 20.5. The second kappa shape index (κ2) is 11.8. The predicted octanol–water partition coefficient (Wildman–Crippen LogP) is 2.93. The number of allylic oxidation sites excluding steroid dienone is 3. The van der Waals surface area contributed by atoms with Gasteiger partial charge in [0.2, 0.25) is 11.8 Å². The minimum absolute atomic E-state index is 0.118. The lowest BCUT2D eigenvalue weighted by molar-refractivity contribution is -0.140. The molecule has 0 aromatic heterocycles. The Kier molecular flexibility index (Phi) is 8.84. The van der Waals surface area contributed by atoms with E-state index in [-0.39, 0.29) is 30.7 Å². The third-order valence-electron chi connectivity index (χ3n) is 6.10. The molecule has 3 rings (SSSR count). The van der Waals surface area contributed by atoms with Crippen LogP contribution in [0.3, 0.4) is 0 Å². The quantitative estimate of drug-likeness (QED) is 0.556. The summed E-state index contributed by atoms with van der Waals surface area (Å²) in [4.78, 5) is 52.0. The van der Waals surface area contributed by atoms with Crippen LogP contribution in [0.4, 0.5) is 4.79 Å². The van der Waals surface area contributed by atoms with Gasteiger partial charge in [-0.05, 0) is 45.6 Å². The topological polar surface area (TPSA) is 105 Å². The van der Waals surface area contributed by atoms with Gasteiger partial charge >= 0.3 is 6.09 Å². The van der Waals surface area contributed by atoms with Crippen LogP contribution in [0.1, 0.15) is 45.6 Å². The van der Waals surface area contributed by atoms with E-state index in [1.54, 1.807) is 25.7 Å². The molecule has 2 N–H and O–H groups in total. The maximum absolute atomic E-state index is 13.8. The van der Waals surface area contributed by atoms with Crippen LogP contribution in [-0.2, 0) is 25.5 Å². The average molecular weight is 482 g/mol. The van der Waals surface area contributed by atoms with Crippen molar-refractivity contribution in [2.75, 3.05) is 13.1 Å². The summed E-state index contributed by atoms with van der Waals surface area (Å²) in [6, 6.07) is 7.73. The van der Waals surface area contributed by atoms with Crippen LogP contribution in [0.5, 0.6) is 0 Å². The third-order valence-corrected chi connectivity index (χ3v) is 6.10. The van der Waals surface area contributed by atoms with Gasteiger partial charge in [-0.3, -0.25) is 9.59 Å². The van der Waals surface area contributed by atoms with Gasteiger partial charge < -0.3 is 25.1 Å². The van der Waals surface area contributed by atoms with Crippen molar-refractivity contribution in [2.45, 2.75) is 64.1 Å². The molecule has 8 heteroatoms. The van der Waals surface area contributed by atoms with Crippen LogP contribution in [0.15, 0.2) is 54.1 Å². The Morgan fingerprint density at radius 2 is 1.94 bits per heavy atom. The second-order valence-corrected chi connectivity index (χ2v) is 9.88. The fourth-order valence-corrected chi connectivity index (χ4v) is 4.63. The van der Waals surface area contributed by atoms with Crippen molar-refractivity contribution < 1.29 is 23.9 Å². The van der Waals surface area contributed by atoms with Crippen molar-refractivity contribution in [3.05, 3.63) is 59.7 Å². The highest BCUT2D eigenvalue weighted by molar-refractivity contribution is 5.93. The molecular weight excluding hydrogens is 446 g/mol. The number of hydrogen-bond donors (Lipinski definition) is 2. The highest BCUT2D eigenvalue weighted by atomic mass is 16.6. The molecule has 3 amide bonds. The Balaban J connectivity index is 1.88. The molecule has 1 aromatic rings. The van der Waals surface area contributed by atoms with Crippen LogP contribution in [0, 0.1) is 5.92 Å². The van der Waals surface area contributed by atoms with Crippen molar-refractivity contribution in [1.29, 1.82) is 0 Å². The number of alkyl carbamates (subject to hydrolysis) is 1. The third kappa shape index (κ3) is 7.28. The van der Waals surface area contributed by atoms with E-state index in [4.69, 9.17) is 4.74 Å². The Labute approximate surface area is 206 Å². The maximum Gasteiger partial charge on any atom is 0.408 e. The van der Waals surface area contributed by atoms with Crippen LogP contribution in [0.2, 0.25) is 0 Å². The molecule has 2 unspecified atom stereocenters. The van der Waals surface area contributed by atoms with Crippen LogP contribution in [-0.4, -0.2) is 59.9 Å². The summed E-state index contributed by atoms with van der Waals surface area (Å²) in [7, 11) is 0. The van der Waals surface area contributed by atoms with Crippen molar-refractivity contribution >= 4 is 24.2 Å². The van der Waals surface area contributed by atoms with E-state index in [0.29, 0.717) is 19.3 Å². The molecular formula is C27H35N3O5. The number of hydrogen-bond acceptors (Lipinski definition) is 5. The van der Waals surface area contributed by atoms with Gasteiger partial charge in [0, 0.05) is 18.9 Å². The molecule has 0 radical (unpaired) electrons. The standard InChI is InChI=1S/C27H35N3O5/c1-27(2,3)35-26(34)29-22(18-19-10-6-4-7-11-19)25(33)30-16-14-21(20-12-8-5-9-13-20)23(30)24(32)28-15-17-31/h4-8,10-12,17,21-23H,9,13-16,18H2,1-3H3,(H,28,32)(H,29,34)/t21?,22-,23?/m1/s1. The molecule has 1 aliphatic carbocycles. The summed E-state index contributed by atoms with van der Waals surface area (Å²) in [6.07, 6.45) is 8.60. The molecule has 1 heterocycles. The van der Waals surface area contributed by atoms with E-state index in [2.05, 4.69) is 16.7 Å². The van der Waals surface area contributed by atoms with Gasteiger partial charge in [-0.2, -0.15) is 0 Å². The SMILES string of the molecule is CC(C)(C)OC(=O)N[C@H](Cc1ccccc1)C(=O)N1CCC(C2=CC=CCC2)C1C(=O)NCC=O. The molecule has 0 bridgehead atoms. The lowest BCUT2D eigenvalue weighted by Crippen LogP contribution is -2.56. The molecule has 3 atom stereocenters. The van der Waals surface area contributed by atoms with Gasteiger partial charge in [0.1, 0.15) is 24.0 Å². The average Bonchev–Trinajstić information content (AvgIpc) is 3.27. The van der Waals surface area contributed by atoms with Gasteiger partial charge in [0.15, 0.2) is 0 Å². The Morgan fingerprint density at radius 3 is 2.57 bits per heavy atom. The first-order valence-corrected chi connectivity index (χ1v) is 12.1. The van der Waals surface area contributed by atoms with Gasteiger partial charge in [0.05, 0.1) is 6.54 Å². The number of aldehydes is 1. The molecule has 1 aromatic carbocycles. The van der Waals surface area contributed by atoms with Crippen molar-refractivity contribution in [3.8, 4) is 0 Å². The molecule has 1 aliphatic heterocycles. The molecule has 1 fully saturated rings. The fraction of sp³-hybridized carbons (Fsp3) is 0.481. The Hall–Kier alpha value is -3.42. The Bertz CT molecular complexity index is 980. The van der Waals surface area contributed by atoms with Crippen LogP contribution < -0.4 is 10.6 Å². The highest BCUT2D eigenvalue weighted by Gasteiger charge is 2.45. The zero-order valence-electron chi connectivity index (χ0n) is 20.7. The number of carbonyl (C=O) groups excluding carboxylic acids is 4. The van der Waals surface area contributed by atoms with E-state index in [0.717, 1.165) is 24.0 Å². The molecule has 2 aliphatic rings. The minimum atomic E-state index is -0.910. The molecule has 188 valence electrons. The second-order valence-electron chi connectivity index (χ2n) is 9.88. The van der Waals surface area contributed by atoms with Crippen LogP contribution in [0.25, 0.3) is 0 Å². The van der Waals surface area contributed by atoms with Gasteiger partial charge in [-0.1, -0.05) is 54.1 Å². The summed E-state index contributed by atoms with van der Waals surface area (Å²) in [6.45, 7) is 5.53. The van der Waals surface area contributed by atoms with Gasteiger partial charge in [0.25, 0.3) is 0 Å². The first kappa shape index (κ1) is 26.2. The number of benzene rings is 1. The number of ether oxygens (including phenoxy) is 1. The molecule has 8 nitrogen and oxygen atoms in total. The maximum atomic E-state index is 13.8. The lowest BCUT2D eigenvalue weighted by Gasteiger charge is -2.32. The molecule has 0 saturated carbocycles. The fourth-order valence-electron chi connectivity index (χ4n) is 4.63. The van der Waals surface area contributed by atoms with Crippen LogP contribution >= 0.6 is 0 Å². The zero-order chi connectivity index (χ0) is 25.4.